The second-order valence-corrected chi connectivity index (χ2v) is 8.46. The molecule has 0 spiro atoms. The Kier molecular flexibility index (Phi) is 5.96. The molecule has 0 bridgehead atoms. The molecule has 0 aromatic rings. The van der Waals surface area contributed by atoms with Crippen LogP contribution >= 0.6 is 15.2 Å². The molecule has 0 aliphatic carbocycles. The van der Waals surface area contributed by atoms with Crippen LogP contribution in [-0.2, 0) is 18.6 Å². The van der Waals surface area contributed by atoms with Crippen molar-refractivity contribution in [2.24, 2.45) is 0 Å². The summed E-state index contributed by atoms with van der Waals surface area (Å²) in [5.41, 5.74) is 0. The van der Waals surface area contributed by atoms with Crippen molar-refractivity contribution in [3.8, 4) is 0 Å². The molecule has 0 saturated carbocycles. The van der Waals surface area contributed by atoms with Crippen LogP contribution in [0.4, 0.5) is 9.59 Å². The Morgan fingerprint density at radius 3 is 1.52 bits per heavy atom. The summed E-state index contributed by atoms with van der Waals surface area (Å²) in [5, 5.41) is 17.0. The summed E-state index contributed by atoms with van der Waals surface area (Å²) in [6, 6.07) is 0. The number of carbonyl (C=O) groups is 2. The van der Waals surface area contributed by atoms with E-state index in [1.165, 1.54) is 0 Å². The monoisotopic (exact) mass is 352 g/mol. The topological polar surface area (TPSA) is 208 Å². The van der Waals surface area contributed by atoms with E-state index >= 15 is 0 Å². The van der Waals surface area contributed by atoms with Gasteiger partial charge in [0, 0.05) is 0 Å². The highest BCUT2D eigenvalue weighted by atomic mass is 31.2. The van der Waals surface area contributed by atoms with Crippen molar-refractivity contribution in [1.29, 1.82) is 0 Å². The number of ether oxygens (including phenoxy) is 2. The van der Waals surface area contributed by atoms with E-state index in [-0.39, 0.29) is 0 Å². The van der Waals surface area contributed by atoms with Gasteiger partial charge in [0.1, 0.15) is 6.10 Å². The molecule has 6 N–H and O–H groups in total. The summed E-state index contributed by atoms with van der Waals surface area (Å²) in [5.74, 6) is 0. The summed E-state index contributed by atoms with van der Waals surface area (Å²) in [7, 11) is -11.3. The molecule has 0 radical (unpaired) electrons. The van der Waals surface area contributed by atoms with E-state index in [1.807, 2.05) is 0 Å². The van der Waals surface area contributed by atoms with E-state index in [1.54, 1.807) is 0 Å². The Morgan fingerprint density at radius 1 is 0.952 bits per heavy atom. The number of hydrogen-bond acceptors (Lipinski definition) is 6. The van der Waals surface area contributed by atoms with Crippen LogP contribution in [0.5, 0.6) is 0 Å². The zero-order valence-corrected chi connectivity index (χ0v) is 12.5. The van der Waals surface area contributed by atoms with Crippen molar-refractivity contribution in [2.45, 2.75) is 31.0 Å². The number of rotatable bonds is 6. The molecule has 124 valence electrons. The summed E-state index contributed by atoms with van der Waals surface area (Å²) >= 11 is 0. The fraction of sp³-hybridized carbons (Fsp3) is 0.714. The maximum atomic E-state index is 11.4. The van der Waals surface area contributed by atoms with Crippen molar-refractivity contribution in [3.05, 3.63) is 0 Å². The molecule has 2 unspecified atom stereocenters. The van der Waals surface area contributed by atoms with Crippen LogP contribution in [0, 0.1) is 0 Å². The molecule has 2 atom stereocenters. The van der Waals surface area contributed by atoms with Gasteiger partial charge in [-0.3, -0.25) is 9.13 Å². The zero-order chi connectivity index (χ0) is 17.2. The van der Waals surface area contributed by atoms with Crippen LogP contribution in [0.15, 0.2) is 0 Å². The minimum Gasteiger partial charge on any atom is -0.450 e. The average molecular weight is 352 g/mol. The van der Waals surface area contributed by atoms with Crippen LogP contribution in [0.1, 0.15) is 13.8 Å². The highest BCUT2D eigenvalue weighted by molar-refractivity contribution is 7.72. The lowest BCUT2D eigenvalue weighted by molar-refractivity contribution is -0.0426. The van der Waals surface area contributed by atoms with Crippen molar-refractivity contribution in [3.63, 3.8) is 0 Å². The van der Waals surface area contributed by atoms with E-state index in [0.717, 1.165) is 6.92 Å². The van der Waals surface area contributed by atoms with Crippen LogP contribution in [0.2, 0.25) is 0 Å². The van der Waals surface area contributed by atoms with E-state index < -0.39 is 44.6 Å². The van der Waals surface area contributed by atoms with Crippen molar-refractivity contribution in [1.82, 2.24) is 0 Å². The first-order valence-electron chi connectivity index (χ1n) is 5.05. The van der Waals surface area contributed by atoms with E-state index in [2.05, 4.69) is 9.47 Å². The normalized spacial score (nSPS) is 15.9. The second kappa shape index (κ2) is 6.30. The summed E-state index contributed by atoms with van der Waals surface area (Å²) in [4.78, 5) is 54.4. The minimum atomic E-state index is -5.64. The Labute approximate surface area is 117 Å². The number of hydrogen-bond donors (Lipinski definition) is 6. The molecule has 21 heavy (non-hydrogen) atoms. The predicted molar refractivity (Wildman–Crippen MR) is 64.0 cm³/mol. The zero-order valence-electron chi connectivity index (χ0n) is 10.7. The molecule has 14 heteroatoms. The third-order valence-corrected chi connectivity index (χ3v) is 7.09. The van der Waals surface area contributed by atoms with Gasteiger partial charge in [-0.2, -0.15) is 0 Å². The van der Waals surface area contributed by atoms with Crippen LogP contribution in [0.3, 0.4) is 0 Å². The van der Waals surface area contributed by atoms with Crippen LogP contribution in [-0.4, -0.2) is 59.2 Å². The lowest BCUT2D eigenvalue weighted by Crippen LogP contribution is -2.49. The molecule has 0 saturated heterocycles. The van der Waals surface area contributed by atoms with Gasteiger partial charge in [-0.05, 0) is 13.8 Å². The smallest absolute Gasteiger partial charge is 0.450 e. The fourth-order valence-electron chi connectivity index (χ4n) is 1.48. The molecule has 0 aliphatic rings. The highest BCUT2D eigenvalue weighted by Crippen LogP contribution is 2.71. The van der Waals surface area contributed by atoms with Crippen LogP contribution < -0.4 is 0 Å². The van der Waals surface area contributed by atoms with Gasteiger partial charge in [0.2, 0.25) is 4.90 Å². The molecule has 0 rings (SSSR count). The first kappa shape index (κ1) is 19.8. The second-order valence-electron chi connectivity index (χ2n) is 4.08. The quantitative estimate of drug-likeness (QED) is 0.280. The summed E-state index contributed by atoms with van der Waals surface area (Å²) in [6.45, 7) is 1.20. The largest absolute Gasteiger partial charge is 0.506 e. The first-order chi connectivity index (χ1) is 9.14. The third kappa shape index (κ3) is 4.40. The van der Waals surface area contributed by atoms with Gasteiger partial charge in [-0.15, -0.1) is 0 Å². The van der Waals surface area contributed by atoms with Crippen molar-refractivity contribution in [2.75, 3.05) is 0 Å². The highest BCUT2D eigenvalue weighted by Gasteiger charge is 2.65. The molecule has 0 aromatic heterocycles. The summed E-state index contributed by atoms with van der Waals surface area (Å²) in [6.07, 6.45) is -8.44. The number of carboxylic acid groups (broad SMARTS) is 2. The van der Waals surface area contributed by atoms with Gasteiger partial charge < -0.3 is 39.3 Å². The maximum absolute atomic E-state index is 11.4. The van der Waals surface area contributed by atoms with Gasteiger partial charge >= 0.3 is 27.5 Å². The average Bonchev–Trinajstić information content (AvgIpc) is 2.20. The van der Waals surface area contributed by atoms with Gasteiger partial charge in [-0.25, -0.2) is 9.59 Å². The third-order valence-electron chi connectivity index (χ3n) is 2.66. The molecular weight excluding hydrogens is 338 g/mol. The Balaban J connectivity index is 6.06. The van der Waals surface area contributed by atoms with Crippen LogP contribution in [0.25, 0.3) is 0 Å². The molecular formula is C7H14O12P2. The SMILES string of the molecule is CC(OC(=O)O)C(OC(=O)O)C(C)(P(=O)(O)O)P(=O)(O)O. The van der Waals surface area contributed by atoms with Crippen molar-refractivity contribution >= 4 is 27.5 Å². The molecule has 0 fully saturated rings. The maximum Gasteiger partial charge on any atom is 0.506 e. The Bertz CT molecular complexity index is 480. The van der Waals surface area contributed by atoms with Crippen molar-refractivity contribution < 1.29 is 58.0 Å². The lowest BCUT2D eigenvalue weighted by Gasteiger charge is -2.38. The minimum absolute atomic E-state index is 0.379. The van der Waals surface area contributed by atoms with Gasteiger partial charge in [0.25, 0.3) is 0 Å². The first-order valence-corrected chi connectivity index (χ1v) is 8.27. The van der Waals surface area contributed by atoms with Gasteiger partial charge in [0.15, 0.2) is 6.10 Å². The summed E-state index contributed by atoms with van der Waals surface area (Å²) < 4.78 is 31.0. The van der Waals surface area contributed by atoms with Gasteiger partial charge in [-0.1, -0.05) is 0 Å². The van der Waals surface area contributed by atoms with E-state index in [0.29, 0.717) is 6.92 Å². The molecule has 0 amide bonds. The molecule has 0 aromatic carbocycles. The van der Waals surface area contributed by atoms with E-state index in [4.69, 9.17) is 10.2 Å². The lowest BCUT2D eigenvalue weighted by atomic mass is 10.1. The molecule has 0 aliphatic heterocycles. The predicted octanol–water partition coefficient (Wildman–Crippen LogP) is 0.204. The standard InChI is InChI=1S/C7H14O12P2/c1-3(18-5(8)9)4(19-6(10)11)7(2,20(12,13)14)21(15,16)17/h3-4H,1-2H3,(H,8,9)(H,10,11)(H2,12,13,14)(H2,15,16,17). The van der Waals surface area contributed by atoms with Gasteiger partial charge in [0.05, 0.1) is 0 Å². The Hall–Kier alpha value is -1.16. The Morgan fingerprint density at radius 2 is 1.29 bits per heavy atom. The van der Waals surface area contributed by atoms with E-state index in [9.17, 15) is 38.3 Å². The molecule has 0 heterocycles. The fourth-order valence-corrected chi connectivity index (χ4v) is 4.03. The molecule has 12 nitrogen and oxygen atoms in total.